The third kappa shape index (κ3) is 5.77. The van der Waals surface area contributed by atoms with E-state index < -0.39 is 0 Å². The minimum absolute atomic E-state index is 0.0161. The van der Waals surface area contributed by atoms with Crippen LogP contribution in [0.5, 0.6) is 0 Å². The Hall–Kier alpha value is -3.03. The molecule has 1 atom stereocenters. The van der Waals surface area contributed by atoms with Gasteiger partial charge in [-0.3, -0.25) is 9.59 Å². The number of piperidine rings is 1. The molecule has 8 heteroatoms. The second kappa shape index (κ2) is 9.85. The highest BCUT2D eigenvalue weighted by Gasteiger charge is 2.30. The molecule has 0 saturated carbocycles. The molecule has 2 amide bonds. The van der Waals surface area contributed by atoms with Crippen LogP contribution in [0.4, 0.5) is 10.2 Å². The van der Waals surface area contributed by atoms with Gasteiger partial charge in [-0.25, -0.2) is 14.4 Å². The predicted molar refractivity (Wildman–Crippen MR) is 117 cm³/mol. The average molecular weight is 428 g/mol. The molecule has 1 saturated heterocycles. The van der Waals surface area contributed by atoms with E-state index in [9.17, 15) is 14.0 Å². The summed E-state index contributed by atoms with van der Waals surface area (Å²) in [6, 6.07) is 7.69. The van der Waals surface area contributed by atoms with Gasteiger partial charge in [-0.2, -0.15) is 0 Å². The Bertz CT molecular complexity index is 932. The maximum Gasteiger partial charge on any atom is 0.227 e. The molecule has 166 valence electrons. The molecular weight excluding hydrogens is 397 g/mol. The Labute approximate surface area is 182 Å². The van der Waals surface area contributed by atoms with Crippen molar-refractivity contribution in [1.82, 2.24) is 19.8 Å². The fraction of sp³-hybridized carbons (Fsp3) is 0.478. The Balaban J connectivity index is 1.88. The van der Waals surface area contributed by atoms with Crippen molar-refractivity contribution in [2.45, 2.75) is 45.2 Å². The molecule has 31 heavy (non-hydrogen) atoms. The van der Waals surface area contributed by atoms with E-state index in [1.807, 2.05) is 30.0 Å². The van der Waals surface area contributed by atoms with Crippen molar-refractivity contribution >= 4 is 17.6 Å². The predicted octanol–water partition coefficient (Wildman–Crippen LogP) is 2.96. The number of amides is 2. The number of carbonyl (C=O) groups excluding carboxylic acids is 2. The van der Waals surface area contributed by atoms with E-state index in [1.54, 1.807) is 24.1 Å². The summed E-state index contributed by atoms with van der Waals surface area (Å²) in [6.45, 7) is 2.54. The number of anilines is 1. The number of carbonyl (C=O) groups is 2. The first-order valence-corrected chi connectivity index (χ1v) is 10.6. The number of aromatic nitrogens is 2. The Kier molecular flexibility index (Phi) is 7.20. The summed E-state index contributed by atoms with van der Waals surface area (Å²) in [5, 5.41) is 0. The van der Waals surface area contributed by atoms with Crippen molar-refractivity contribution in [2.75, 3.05) is 32.6 Å². The van der Waals surface area contributed by atoms with Crippen LogP contribution in [0.25, 0.3) is 0 Å². The molecule has 1 aromatic carbocycles. The monoisotopic (exact) mass is 427 g/mol. The zero-order valence-corrected chi connectivity index (χ0v) is 18.6. The highest BCUT2D eigenvalue weighted by molar-refractivity contribution is 5.79. The molecule has 1 aliphatic rings. The first-order chi connectivity index (χ1) is 14.7. The van der Waals surface area contributed by atoms with Gasteiger partial charge in [0.1, 0.15) is 11.6 Å². The first kappa shape index (κ1) is 22.7. The van der Waals surface area contributed by atoms with Crippen molar-refractivity contribution < 1.29 is 14.0 Å². The second-order valence-corrected chi connectivity index (χ2v) is 8.25. The molecule has 0 bridgehead atoms. The summed E-state index contributed by atoms with van der Waals surface area (Å²) in [5.74, 6) is 0.973. The van der Waals surface area contributed by atoms with Crippen molar-refractivity contribution in [1.29, 1.82) is 0 Å². The van der Waals surface area contributed by atoms with E-state index in [4.69, 9.17) is 9.97 Å². The maximum atomic E-state index is 13.2. The number of hydrogen-bond acceptors (Lipinski definition) is 5. The van der Waals surface area contributed by atoms with Crippen molar-refractivity contribution in [3.8, 4) is 0 Å². The van der Waals surface area contributed by atoms with E-state index in [-0.39, 0.29) is 30.1 Å². The molecule has 2 aromatic rings. The lowest BCUT2D eigenvalue weighted by atomic mass is 9.99. The average Bonchev–Trinajstić information content (AvgIpc) is 2.75. The minimum Gasteiger partial charge on any atom is -0.363 e. The van der Waals surface area contributed by atoms with Gasteiger partial charge < -0.3 is 14.7 Å². The van der Waals surface area contributed by atoms with Crippen LogP contribution >= 0.6 is 0 Å². The third-order valence-corrected chi connectivity index (χ3v) is 5.57. The van der Waals surface area contributed by atoms with Gasteiger partial charge in [0, 0.05) is 40.7 Å². The number of rotatable bonds is 6. The van der Waals surface area contributed by atoms with E-state index in [1.165, 1.54) is 19.1 Å². The zero-order chi connectivity index (χ0) is 22.5. The van der Waals surface area contributed by atoms with Crippen LogP contribution in [0, 0.1) is 5.82 Å². The van der Waals surface area contributed by atoms with E-state index >= 15 is 0 Å². The van der Waals surface area contributed by atoms with Gasteiger partial charge in [0.05, 0.1) is 24.7 Å². The Morgan fingerprint density at radius 1 is 1.13 bits per heavy atom. The lowest BCUT2D eigenvalue weighted by Gasteiger charge is -2.35. The molecule has 0 aliphatic carbocycles. The molecule has 0 spiro atoms. The van der Waals surface area contributed by atoms with Gasteiger partial charge in [0.25, 0.3) is 0 Å². The molecule has 0 radical (unpaired) electrons. The maximum absolute atomic E-state index is 13.2. The van der Waals surface area contributed by atoms with E-state index in [2.05, 4.69) is 0 Å². The summed E-state index contributed by atoms with van der Waals surface area (Å²) in [6.07, 6.45) is 2.92. The molecule has 0 unspecified atom stereocenters. The first-order valence-electron chi connectivity index (χ1n) is 10.6. The van der Waals surface area contributed by atoms with Crippen LogP contribution in [0.1, 0.15) is 49.3 Å². The molecule has 1 aliphatic heterocycles. The molecule has 0 N–H and O–H groups in total. The van der Waals surface area contributed by atoms with Crippen LogP contribution in [0.15, 0.2) is 30.3 Å². The van der Waals surface area contributed by atoms with Crippen LogP contribution in [-0.4, -0.2) is 59.3 Å². The Morgan fingerprint density at radius 2 is 1.84 bits per heavy atom. The number of halogens is 1. The second-order valence-electron chi connectivity index (χ2n) is 8.25. The molecule has 7 nitrogen and oxygen atoms in total. The summed E-state index contributed by atoms with van der Waals surface area (Å²) in [4.78, 5) is 39.6. The topological polar surface area (TPSA) is 69.6 Å². The van der Waals surface area contributed by atoms with Gasteiger partial charge in [0.15, 0.2) is 5.82 Å². The summed E-state index contributed by atoms with van der Waals surface area (Å²) >= 11 is 0. The van der Waals surface area contributed by atoms with Crippen molar-refractivity contribution in [3.63, 3.8) is 0 Å². The standard InChI is InChI=1S/C23H30FN5O2/c1-16(30)28(4)15-19-14-21(27(2)3)26-23(25-19)20-7-5-6-12-29(20)22(31)13-17-8-10-18(24)11-9-17/h8-11,14,20H,5-7,12-13,15H2,1-4H3/t20-/m1/s1. The fourth-order valence-electron chi connectivity index (χ4n) is 3.69. The number of hydrogen-bond donors (Lipinski definition) is 0. The molecule has 1 aromatic heterocycles. The van der Waals surface area contributed by atoms with Crippen molar-refractivity contribution in [3.05, 3.63) is 53.2 Å². The zero-order valence-electron chi connectivity index (χ0n) is 18.6. The third-order valence-electron chi connectivity index (χ3n) is 5.57. The summed E-state index contributed by atoms with van der Waals surface area (Å²) in [7, 11) is 5.55. The Morgan fingerprint density at radius 3 is 2.48 bits per heavy atom. The smallest absolute Gasteiger partial charge is 0.227 e. The van der Waals surface area contributed by atoms with E-state index in [0.717, 1.165) is 36.3 Å². The summed E-state index contributed by atoms with van der Waals surface area (Å²) in [5.41, 5.74) is 1.52. The number of benzene rings is 1. The SMILES string of the molecule is CC(=O)N(C)Cc1cc(N(C)C)nc([C@H]2CCCCN2C(=O)Cc2ccc(F)cc2)n1. The lowest BCUT2D eigenvalue weighted by Crippen LogP contribution is -2.40. The van der Waals surface area contributed by atoms with Gasteiger partial charge in [-0.05, 0) is 37.0 Å². The number of likely N-dealkylation sites (tertiary alicyclic amines) is 1. The van der Waals surface area contributed by atoms with E-state index in [0.29, 0.717) is 18.9 Å². The highest BCUT2D eigenvalue weighted by atomic mass is 19.1. The highest BCUT2D eigenvalue weighted by Crippen LogP contribution is 2.31. The largest absolute Gasteiger partial charge is 0.363 e. The molecule has 3 rings (SSSR count). The lowest BCUT2D eigenvalue weighted by molar-refractivity contribution is -0.134. The van der Waals surface area contributed by atoms with Crippen molar-refractivity contribution in [2.24, 2.45) is 0 Å². The summed E-state index contributed by atoms with van der Waals surface area (Å²) < 4.78 is 13.2. The quantitative estimate of drug-likeness (QED) is 0.709. The van der Waals surface area contributed by atoms with Gasteiger partial charge in [-0.15, -0.1) is 0 Å². The normalized spacial score (nSPS) is 16.2. The van der Waals surface area contributed by atoms with Crippen LogP contribution < -0.4 is 4.90 Å². The van der Waals surface area contributed by atoms with Crippen LogP contribution in [-0.2, 0) is 22.6 Å². The van der Waals surface area contributed by atoms with Crippen LogP contribution in [0.3, 0.4) is 0 Å². The number of nitrogens with zero attached hydrogens (tertiary/aromatic N) is 5. The van der Waals surface area contributed by atoms with Gasteiger partial charge in [-0.1, -0.05) is 12.1 Å². The molecular formula is C23H30FN5O2. The molecule has 2 heterocycles. The van der Waals surface area contributed by atoms with Gasteiger partial charge >= 0.3 is 0 Å². The molecule has 1 fully saturated rings. The fourth-order valence-corrected chi connectivity index (χ4v) is 3.69. The van der Waals surface area contributed by atoms with Crippen LogP contribution in [0.2, 0.25) is 0 Å². The minimum atomic E-state index is -0.316. The van der Waals surface area contributed by atoms with Gasteiger partial charge in [0.2, 0.25) is 11.8 Å².